The minimum atomic E-state index is -0.675. The molecule has 0 saturated carbocycles. The van der Waals surface area contributed by atoms with Crippen molar-refractivity contribution < 1.29 is 14.4 Å². The van der Waals surface area contributed by atoms with Crippen LogP contribution in [-0.4, -0.2) is 42.5 Å². The van der Waals surface area contributed by atoms with Crippen LogP contribution in [0.5, 0.6) is 0 Å². The Bertz CT molecular complexity index is 482. The molecule has 0 aromatic rings. The second-order valence-corrected chi connectivity index (χ2v) is 4.68. The predicted octanol–water partition coefficient (Wildman–Crippen LogP) is -0.318. The summed E-state index contributed by atoms with van der Waals surface area (Å²) in [4.78, 5) is 35.3. The lowest BCUT2D eigenvalue weighted by Gasteiger charge is -2.25. The molecule has 0 aromatic carbocycles. The van der Waals surface area contributed by atoms with E-state index in [1.807, 2.05) is 18.7 Å². The van der Waals surface area contributed by atoms with Gasteiger partial charge in [-0.1, -0.05) is 6.92 Å². The first-order chi connectivity index (χ1) is 9.15. The van der Waals surface area contributed by atoms with Gasteiger partial charge in [0, 0.05) is 18.2 Å². The Morgan fingerprint density at radius 1 is 1.32 bits per heavy atom. The van der Waals surface area contributed by atoms with Gasteiger partial charge in [-0.05, 0) is 13.3 Å². The Morgan fingerprint density at radius 2 is 2.05 bits per heavy atom. The molecule has 6 heteroatoms. The minimum absolute atomic E-state index is 0.190. The normalized spacial score (nSPS) is 23.5. The van der Waals surface area contributed by atoms with Crippen molar-refractivity contribution in [3.05, 3.63) is 22.7 Å². The minimum Gasteiger partial charge on any atom is -0.360 e. The molecule has 2 aliphatic heterocycles. The standard InChI is InChI=1S/C13H17N3O3/c1-3-8(2)16-4-9-10(5-17)14-12(7-19)15-13(9)11(16)6-18/h5-8,12,14-15H,3-4H2,1-2H3/t8?,12-/m1/s1. The average molecular weight is 263 g/mol. The molecule has 1 unspecified atom stereocenters. The van der Waals surface area contributed by atoms with Crippen LogP contribution in [0.2, 0.25) is 0 Å². The summed E-state index contributed by atoms with van der Waals surface area (Å²) in [5.41, 5.74) is 2.22. The Hall–Kier alpha value is -2.11. The van der Waals surface area contributed by atoms with Crippen LogP contribution in [0.25, 0.3) is 0 Å². The number of carbonyl (C=O) groups is 3. The summed E-state index contributed by atoms with van der Waals surface area (Å²) >= 11 is 0. The molecule has 2 heterocycles. The molecular formula is C13H17N3O3. The predicted molar refractivity (Wildman–Crippen MR) is 68.8 cm³/mol. The molecule has 2 rings (SSSR count). The van der Waals surface area contributed by atoms with Gasteiger partial charge in [-0.3, -0.25) is 14.4 Å². The van der Waals surface area contributed by atoms with E-state index in [-0.39, 0.29) is 6.04 Å². The molecule has 0 bridgehead atoms. The molecule has 0 spiro atoms. The van der Waals surface area contributed by atoms with E-state index in [9.17, 15) is 14.4 Å². The number of allylic oxidation sites excluding steroid dienone is 2. The van der Waals surface area contributed by atoms with Gasteiger partial charge in [-0.2, -0.15) is 0 Å². The quantitative estimate of drug-likeness (QED) is 0.662. The summed E-state index contributed by atoms with van der Waals surface area (Å²) in [5, 5.41) is 5.75. The Balaban J connectivity index is 2.48. The first-order valence-electron chi connectivity index (χ1n) is 6.29. The molecule has 2 aliphatic rings. The molecule has 0 amide bonds. The number of fused-ring (bicyclic) bond motifs is 1. The highest BCUT2D eigenvalue weighted by molar-refractivity contribution is 5.84. The summed E-state index contributed by atoms with van der Waals surface area (Å²) < 4.78 is 0. The third-order valence-corrected chi connectivity index (χ3v) is 3.62. The fraction of sp³-hybridized carbons (Fsp3) is 0.462. The molecule has 0 aliphatic carbocycles. The highest BCUT2D eigenvalue weighted by Crippen LogP contribution is 2.30. The van der Waals surface area contributed by atoms with E-state index in [1.54, 1.807) is 0 Å². The maximum Gasteiger partial charge on any atom is 0.168 e. The molecule has 2 N–H and O–H groups in total. The van der Waals surface area contributed by atoms with E-state index in [1.165, 1.54) is 0 Å². The zero-order chi connectivity index (χ0) is 14.0. The first kappa shape index (κ1) is 13.3. The fourth-order valence-corrected chi connectivity index (χ4v) is 2.37. The van der Waals surface area contributed by atoms with Crippen molar-refractivity contribution >= 4 is 18.9 Å². The van der Waals surface area contributed by atoms with Crippen LogP contribution < -0.4 is 10.6 Å². The van der Waals surface area contributed by atoms with Crippen molar-refractivity contribution in [1.82, 2.24) is 15.5 Å². The second kappa shape index (κ2) is 5.26. The van der Waals surface area contributed by atoms with Gasteiger partial charge in [0.25, 0.3) is 0 Å². The van der Waals surface area contributed by atoms with Gasteiger partial charge in [0.2, 0.25) is 0 Å². The smallest absolute Gasteiger partial charge is 0.168 e. The van der Waals surface area contributed by atoms with Gasteiger partial charge in [0.15, 0.2) is 25.0 Å². The highest BCUT2D eigenvalue weighted by atomic mass is 16.1. The summed E-state index contributed by atoms with van der Waals surface area (Å²) in [5.74, 6) is 0. The van der Waals surface area contributed by atoms with Crippen LogP contribution in [0.15, 0.2) is 22.7 Å². The summed E-state index contributed by atoms with van der Waals surface area (Å²) in [7, 11) is 0. The monoisotopic (exact) mass is 263 g/mol. The Kier molecular flexibility index (Phi) is 3.69. The van der Waals surface area contributed by atoms with Crippen LogP contribution in [0.4, 0.5) is 0 Å². The van der Waals surface area contributed by atoms with Crippen molar-refractivity contribution in [1.29, 1.82) is 0 Å². The molecule has 102 valence electrons. The number of aldehydes is 3. The van der Waals surface area contributed by atoms with E-state index in [0.717, 1.165) is 18.3 Å². The molecular weight excluding hydrogens is 246 g/mol. The Morgan fingerprint density at radius 3 is 2.58 bits per heavy atom. The fourth-order valence-electron chi connectivity index (χ4n) is 2.37. The van der Waals surface area contributed by atoms with Gasteiger partial charge in [-0.25, -0.2) is 0 Å². The van der Waals surface area contributed by atoms with E-state index in [4.69, 9.17) is 0 Å². The lowest BCUT2D eigenvalue weighted by molar-refractivity contribution is -0.110. The van der Waals surface area contributed by atoms with Gasteiger partial charge in [0.05, 0.1) is 11.4 Å². The van der Waals surface area contributed by atoms with Crippen LogP contribution in [0, 0.1) is 0 Å². The summed E-state index contributed by atoms with van der Waals surface area (Å²) in [6.45, 7) is 4.56. The first-order valence-corrected chi connectivity index (χ1v) is 6.29. The SMILES string of the molecule is CCC(C)N1CC2=C(C=O)N[C@@H](C=O)NC2=C1C=O. The molecule has 6 nitrogen and oxygen atoms in total. The van der Waals surface area contributed by atoms with E-state index < -0.39 is 6.17 Å². The molecule has 19 heavy (non-hydrogen) atoms. The van der Waals surface area contributed by atoms with E-state index in [0.29, 0.717) is 36.2 Å². The van der Waals surface area contributed by atoms with E-state index >= 15 is 0 Å². The molecule has 0 aromatic heterocycles. The highest BCUT2D eigenvalue weighted by Gasteiger charge is 2.35. The number of nitrogens with one attached hydrogen (secondary N) is 2. The number of nitrogens with zero attached hydrogens (tertiary/aromatic N) is 1. The van der Waals surface area contributed by atoms with Crippen molar-refractivity contribution in [2.24, 2.45) is 0 Å². The van der Waals surface area contributed by atoms with E-state index in [2.05, 4.69) is 10.6 Å². The van der Waals surface area contributed by atoms with Gasteiger partial charge in [0.1, 0.15) is 5.70 Å². The van der Waals surface area contributed by atoms with Crippen LogP contribution in [-0.2, 0) is 14.4 Å². The summed E-state index contributed by atoms with van der Waals surface area (Å²) in [6, 6.07) is 0.190. The molecule has 0 saturated heterocycles. The maximum atomic E-state index is 11.3. The zero-order valence-electron chi connectivity index (χ0n) is 11.0. The van der Waals surface area contributed by atoms with Crippen molar-refractivity contribution in [2.75, 3.05) is 6.54 Å². The third-order valence-electron chi connectivity index (χ3n) is 3.62. The number of hydrogen-bond donors (Lipinski definition) is 2. The summed E-state index contributed by atoms with van der Waals surface area (Å²) in [6.07, 6.45) is 2.35. The maximum absolute atomic E-state index is 11.3. The third kappa shape index (κ3) is 2.14. The topological polar surface area (TPSA) is 78.5 Å². The van der Waals surface area contributed by atoms with Crippen LogP contribution >= 0.6 is 0 Å². The van der Waals surface area contributed by atoms with Crippen LogP contribution in [0.1, 0.15) is 20.3 Å². The number of hydrogen-bond acceptors (Lipinski definition) is 6. The molecule has 0 fully saturated rings. The van der Waals surface area contributed by atoms with Gasteiger partial charge in [-0.15, -0.1) is 0 Å². The number of rotatable bonds is 5. The van der Waals surface area contributed by atoms with Crippen molar-refractivity contribution in [3.63, 3.8) is 0 Å². The van der Waals surface area contributed by atoms with Crippen LogP contribution in [0.3, 0.4) is 0 Å². The average Bonchev–Trinajstić information content (AvgIpc) is 2.83. The lowest BCUT2D eigenvalue weighted by Crippen LogP contribution is -2.47. The zero-order valence-corrected chi connectivity index (χ0v) is 11.0. The molecule has 0 radical (unpaired) electrons. The van der Waals surface area contributed by atoms with Crippen molar-refractivity contribution in [2.45, 2.75) is 32.5 Å². The Labute approximate surface area is 111 Å². The largest absolute Gasteiger partial charge is 0.360 e. The number of carbonyl (C=O) groups excluding carboxylic acids is 3. The van der Waals surface area contributed by atoms with Crippen molar-refractivity contribution in [3.8, 4) is 0 Å². The van der Waals surface area contributed by atoms with Gasteiger partial charge >= 0.3 is 0 Å². The van der Waals surface area contributed by atoms with Gasteiger partial charge < -0.3 is 15.5 Å². The lowest BCUT2D eigenvalue weighted by atomic mass is 10.1. The molecule has 2 atom stereocenters. The second-order valence-electron chi connectivity index (χ2n) is 4.68.